The second-order valence-electron chi connectivity index (χ2n) is 9.02. The van der Waals surface area contributed by atoms with Crippen LogP contribution in [0.4, 0.5) is 11.5 Å². The lowest BCUT2D eigenvalue weighted by molar-refractivity contribution is -0.0354. The summed E-state index contributed by atoms with van der Waals surface area (Å²) in [4.78, 5) is 40.7. The number of fused-ring (bicyclic) bond motifs is 2. The number of aliphatic hydroxyl groups excluding tert-OH is 2. The highest BCUT2D eigenvalue weighted by atomic mass is 35.5. The molecule has 5 atom stereocenters. The summed E-state index contributed by atoms with van der Waals surface area (Å²) >= 11 is 6.18. The zero-order valence-electron chi connectivity index (χ0n) is 19.1. The minimum atomic E-state index is -4.71. The van der Waals surface area contributed by atoms with Crippen LogP contribution in [0.1, 0.15) is 23.8 Å². The van der Waals surface area contributed by atoms with E-state index >= 15 is 0 Å². The van der Waals surface area contributed by atoms with Gasteiger partial charge < -0.3 is 34.9 Å². The quantitative estimate of drug-likeness (QED) is 0.170. The molecule has 1 aromatic carbocycles. The van der Waals surface area contributed by atoms with E-state index in [4.69, 9.17) is 26.1 Å². The summed E-state index contributed by atoms with van der Waals surface area (Å²) in [5.74, 6) is -0.856. The van der Waals surface area contributed by atoms with Crippen molar-refractivity contribution in [1.29, 1.82) is 0 Å². The molecule has 0 saturated carbocycles. The van der Waals surface area contributed by atoms with E-state index in [1.165, 1.54) is 16.5 Å². The van der Waals surface area contributed by atoms with Crippen LogP contribution in [0, 0.1) is 0 Å². The van der Waals surface area contributed by atoms with E-state index in [1.807, 2.05) is 24.3 Å². The number of imidazole rings is 1. The molecule has 198 valence electrons. The molecule has 0 spiro atoms. The molecule has 1 aliphatic carbocycles. The number of halogens is 1. The molecular weight excluding hydrogens is 548 g/mol. The number of hydrogen-bond donors (Lipinski definition) is 6. The minimum Gasteiger partial charge on any atom is -0.388 e. The first-order chi connectivity index (χ1) is 17.4. The van der Waals surface area contributed by atoms with Crippen molar-refractivity contribution in [3.05, 3.63) is 47.0 Å². The average molecular weight is 572 g/mol. The second kappa shape index (κ2) is 9.85. The summed E-state index contributed by atoms with van der Waals surface area (Å²) in [6.45, 7) is 0. The number of aromatic nitrogens is 4. The highest BCUT2D eigenvalue weighted by molar-refractivity contribution is 7.72. The predicted octanol–water partition coefficient (Wildman–Crippen LogP) is 2.21. The van der Waals surface area contributed by atoms with Crippen molar-refractivity contribution >= 4 is 55.3 Å². The van der Waals surface area contributed by atoms with Gasteiger partial charge in [-0.15, -0.1) is 0 Å². The summed E-state index contributed by atoms with van der Waals surface area (Å²) in [7, 11) is -8.90. The fourth-order valence-corrected chi connectivity index (χ4v) is 8.20. The van der Waals surface area contributed by atoms with Crippen molar-refractivity contribution in [2.24, 2.45) is 0 Å². The van der Waals surface area contributed by atoms with Gasteiger partial charge in [0, 0.05) is 11.8 Å². The van der Waals surface area contributed by atoms with Crippen molar-refractivity contribution in [3.8, 4) is 0 Å². The number of allylic oxidation sites excluding steroid dienone is 1. The molecule has 16 heteroatoms. The molecule has 0 bridgehead atoms. The van der Waals surface area contributed by atoms with Gasteiger partial charge in [0.05, 0.1) is 12.4 Å². The highest BCUT2D eigenvalue weighted by Gasteiger charge is 2.45. The van der Waals surface area contributed by atoms with Crippen LogP contribution in [0.25, 0.3) is 17.2 Å². The third kappa shape index (κ3) is 5.65. The molecule has 0 amide bonds. The van der Waals surface area contributed by atoms with E-state index in [0.717, 1.165) is 17.7 Å². The Hall–Kier alpha value is -2.18. The van der Waals surface area contributed by atoms with Crippen LogP contribution < -0.4 is 5.32 Å². The molecule has 13 nitrogen and oxygen atoms in total. The highest BCUT2D eigenvalue weighted by Crippen LogP contribution is 2.55. The summed E-state index contributed by atoms with van der Waals surface area (Å²) in [6, 6.07) is 5.88. The third-order valence-corrected chi connectivity index (χ3v) is 10.6. The Bertz CT molecular complexity index is 1480. The van der Waals surface area contributed by atoms with Crippen molar-refractivity contribution in [1.82, 2.24) is 19.5 Å². The van der Waals surface area contributed by atoms with Gasteiger partial charge in [0.1, 0.15) is 18.1 Å². The first-order valence-corrected chi connectivity index (χ1v) is 15.4. The Morgan fingerprint density at radius 1 is 1.16 bits per heavy atom. The Balaban J connectivity index is 1.37. The van der Waals surface area contributed by atoms with Gasteiger partial charge in [0.15, 0.2) is 23.2 Å². The van der Waals surface area contributed by atoms with Gasteiger partial charge in [-0.2, -0.15) is 9.97 Å². The van der Waals surface area contributed by atoms with Crippen molar-refractivity contribution in [2.45, 2.75) is 37.4 Å². The van der Waals surface area contributed by atoms with Crippen LogP contribution in [0.15, 0.2) is 30.6 Å². The molecule has 37 heavy (non-hydrogen) atoms. The van der Waals surface area contributed by atoms with Crippen molar-refractivity contribution in [2.75, 3.05) is 17.4 Å². The Kier molecular flexibility index (Phi) is 7.03. The van der Waals surface area contributed by atoms with Crippen molar-refractivity contribution < 1.29 is 38.8 Å². The zero-order chi connectivity index (χ0) is 26.5. The van der Waals surface area contributed by atoms with Gasteiger partial charge in [-0.3, -0.25) is 13.7 Å². The van der Waals surface area contributed by atoms with Gasteiger partial charge in [-0.1, -0.05) is 18.2 Å². The summed E-state index contributed by atoms with van der Waals surface area (Å²) in [6.07, 6.45) is 0.467. The molecule has 0 radical (unpaired) electrons. The fourth-order valence-electron chi connectivity index (χ4n) is 4.51. The van der Waals surface area contributed by atoms with Gasteiger partial charge in [-0.25, -0.2) is 4.98 Å². The molecule has 3 heterocycles. The SMILES string of the molecule is O=P(O)(O)CP(=O)(O)CC[C@H]1O[C@@H](n2cnc3c(Nc4ccc5c(c4)C=CC5)nc(Cl)nc32)[C@@H](O)C1O. The maximum absolute atomic E-state index is 12.2. The number of anilines is 2. The Morgan fingerprint density at radius 2 is 1.95 bits per heavy atom. The standard InChI is InChI=1S/C21H24ClN5O8P2/c22-21-25-18(24-13-5-4-11-2-1-3-12(11)8-13)15-19(26-21)27(9-23-15)20-17(29)16(28)14(35-20)6-7-36(30,31)10-37(32,33)34/h1,3-5,8-9,14,16-17,20,28-29H,2,6-7,10H2,(H,30,31)(H,24,25,26)(H2,32,33,34)/t14-,16?,17+,20-/m1/s1. The fraction of sp³-hybridized carbons (Fsp3) is 0.381. The number of benzene rings is 1. The number of aliphatic hydroxyl groups is 2. The lowest BCUT2D eigenvalue weighted by Crippen LogP contribution is -2.32. The van der Waals surface area contributed by atoms with E-state index in [2.05, 4.69) is 26.3 Å². The third-order valence-electron chi connectivity index (χ3n) is 6.22. The van der Waals surface area contributed by atoms with Crippen LogP contribution >= 0.6 is 26.6 Å². The number of ether oxygens (including phenoxy) is 1. The molecular formula is C21H24ClN5O8P2. The monoisotopic (exact) mass is 571 g/mol. The van der Waals surface area contributed by atoms with E-state index in [1.54, 1.807) is 0 Å². The number of rotatable bonds is 8. The second-order valence-corrected chi connectivity index (χ2v) is 14.0. The molecule has 1 fully saturated rings. The lowest BCUT2D eigenvalue weighted by Gasteiger charge is -2.18. The van der Waals surface area contributed by atoms with Gasteiger partial charge >= 0.3 is 7.60 Å². The summed E-state index contributed by atoms with van der Waals surface area (Å²) < 4.78 is 30.4. The van der Waals surface area contributed by atoms with Crippen LogP contribution in [-0.4, -0.2) is 74.8 Å². The molecule has 6 N–H and O–H groups in total. The lowest BCUT2D eigenvalue weighted by atomic mass is 10.1. The van der Waals surface area contributed by atoms with Crippen molar-refractivity contribution in [3.63, 3.8) is 0 Å². The Morgan fingerprint density at radius 3 is 2.70 bits per heavy atom. The number of hydrogen-bond acceptors (Lipinski definition) is 9. The molecule has 3 aromatic rings. The molecule has 1 aliphatic heterocycles. The van der Waals surface area contributed by atoms with Gasteiger partial charge in [0.2, 0.25) is 12.7 Å². The van der Waals surface area contributed by atoms with E-state index in [9.17, 15) is 24.2 Å². The van der Waals surface area contributed by atoms with Gasteiger partial charge in [-0.05, 0) is 47.7 Å². The molecule has 1 saturated heterocycles. The summed E-state index contributed by atoms with van der Waals surface area (Å²) in [5.41, 5.74) is 3.60. The van der Waals surface area contributed by atoms with Crippen LogP contribution in [0.5, 0.6) is 0 Å². The van der Waals surface area contributed by atoms with Crippen LogP contribution in [0.3, 0.4) is 0 Å². The average Bonchev–Trinajstić information content (AvgIpc) is 3.49. The predicted molar refractivity (Wildman–Crippen MR) is 135 cm³/mol. The minimum absolute atomic E-state index is 0.0963. The number of nitrogens with zero attached hydrogens (tertiary/aromatic N) is 4. The Labute approximate surface area is 215 Å². The van der Waals surface area contributed by atoms with Crippen LogP contribution in [-0.2, 0) is 20.3 Å². The summed E-state index contributed by atoms with van der Waals surface area (Å²) in [5, 5.41) is 24.2. The zero-order valence-corrected chi connectivity index (χ0v) is 21.7. The first-order valence-electron chi connectivity index (χ1n) is 11.2. The topological polar surface area (TPSA) is 200 Å². The molecule has 2 aliphatic rings. The van der Waals surface area contributed by atoms with Crippen LogP contribution in [0.2, 0.25) is 5.28 Å². The van der Waals surface area contributed by atoms with Gasteiger partial charge in [0.25, 0.3) is 0 Å². The van der Waals surface area contributed by atoms with E-state index < -0.39 is 51.6 Å². The molecule has 2 unspecified atom stereocenters. The maximum atomic E-state index is 12.2. The smallest absolute Gasteiger partial charge is 0.335 e. The first kappa shape index (κ1) is 26.4. The largest absolute Gasteiger partial charge is 0.388 e. The normalized spacial score (nSPS) is 24.9. The van der Waals surface area contributed by atoms with E-state index in [0.29, 0.717) is 11.3 Å². The molecule has 2 aromatic heterocycles. The number of nitrogens with one attached hydrogen (secondary N) is 1. The molecule has 5 rings (SSSR count). The maximum Gasteiger partial charge on any atom is 0.335 e. The van der Waals surface area contributed by atoms with E-state index in [-0.39, 0.29) is 17.4 Å².